The summed E-state index contributed by atoms with van der Waals surface area (Å²) in [5.41, 5.74) is 12.5. The molecule has 0 bridgehead atoms. The normalized spacial score (nSPS) is 17.9. The lowest BCUT2D eigenvalue weighted by atomic mass is 9.96. The Bertz CT molecular complexity index is 729. The fourth-order valence-electron chi connectivity index (χ4n) is 2.52. The first-order valence-corrected chi connectivity index (χ1v) is 8.86. The van der Waals surface area contributed by atoms with E-state index in [1.165, 1.54) is 22.2 Å². The fraction of sp³-hybridized carbons (Fsp3) is 0.500. The topological polar surface area (TPSA) is 104 Å². The molecule has 0 aliphatic carbocycles. The predicted molar refractivity (Wildman–Crippen MR) is 88.9 cm³/mol. The molecule has 0 saturated heterocycles. The number of hydrogen-bond donors (Lipinski definition) is 2. The lowest BCUT2D eigenvalue weighted by Crippen LogP contribution is -2.26. The summed E-state index contributed by atoms with van der Waals surface area (Å²) in [6.07, 6.45) is 1.04. The molecule has 4 N–H and O–H groups in total. The van der Waals surface area contributed by atoms with E-state index >= 15 is 0 Å². The highest BCUT2D eigenvalue weighted by atomic mass is 32.2. The Balaban J connectivity index is 1.98. The number of rotatable bonds is 4. The van der Waals surface area contributed by atoms with Gasteiger partial charge in [-0.15, -0.1) is 11.3 Å². The molecule has 1 atom stereocenters. The van der Waals surface area contributed by atoms with Gasteiger partial charge in [-0.05, 0) is 11.5 Å². The van der Waals surface area contributed by atoms with Gasteiger partial charge in [-0.1, -0.05) is 25.6 Å². The van der Waals surface area contributed by atoms with E-state index in [4.69, 9.17) is 16.2 Å². The number of nitrogens with zero attached hydrogens (tertiary/aromatic N) is 2. The molecule has 0 spiro atoms. The van der Waals surface area contributed by atoms with Crippen molar-refractivity contribution in [1.29, 1.82) is 0 Å². The molecule has 3 heterocycles. The van der Waals surface area contributed by atoms with Gasteiger partial charge in [0, 0.05) is 11.3 Å². The Morgan fingerprint density at radius 3 is 2.95 bits per heavy atom. The second-order valence-corrected chi connectivity index (χ2v) is 7.65. The maximum atomic E-state index is 10.9. The number of fused-ring (bicyclic) bond motifs is 3. The van der Waals surface area contributed by atoms with Crippen molar-refractivity contribution in [3.05, 3.63) is 10.4 Å². The average Bonchev–Trinajstić information content (AvgIpc) is 2.82. The SMILES string of the molecule is CC(C)[C@@H]1Cc2c(sc3nc(SCC(N)=O)nc(N)c23)CO1. The third kappa shape index (κ3) is 2.90. The van der Waals surface area contributed by atoms with E-state index in [-0.39, 0.29) is 11.9 Å². The van der Waals surface area contributed by atoms with Gasteiger partial charge in [-0.3, -0.25) is 4.79 Å². The van der Waals surface area contributed by atoms with Crippen LogP contribution in [-0.2, 0) is 22.6 Å². The van der Waals surface area contributed by atoms with Gasteiger partial charge in [0.1, 0.15) is 10.6 Å². The summed E-state index contributed by atoms with van der Waals surface area (Å²) in [4.78, 5) is 21.7. The van der Waals surface area contributed by atoms with Gasteiger partial charge in [0.15, 0.2) is 5.16 Å². The lowest BCUT2D eigenvalue weighted by molar-refractivity contribution is -0.115. The standard InChI is InChI=1S/C14H18N4O2S2/c1-6(2)8-3-7-9(4-20-8)22-13-11(7)12(16)17-14(18-13)21-5-10(15)19/h6,8H,3-5H2,1-2H3,(H2,15,19)(H2,16,17,18)/t8-/m0/s1. The van der Waals surface area contributed by atoms with Gasteiger partial charge >= 0.3 is 0 Å². The van der Waals surface area contributed by atoms with Crippen molar-refractivity contribution in [2.45, 2.75) is 38.1 Å². The van der Waals surface area contributed by atoms with Crippen LogP contribution in [0.5, 0.6) is 0 Å². The molecule has 0 unspecified atom stereocenters. The minimum absolute atomic E-state index is 0.147. The molecule has 0 saturated carbocycles. The highest BCUT2D eigenvalue weighted by molar-refractivity contribution is 7.99. The molecule has 3 rings (SSSR count). The van der Waals surface area contributed by atoms with Crippen LogP contribution in [0.4, 0.5) is 5.82 Å². The molecule has 2 aromatic heterocycles. The summed E-state index contributed by atoms with van der Waals surface area (Å²) < 4.78 is 5.90. The zero-order chi connectivity index (χ0) is 15.9. The monoisotopic (exact) mass is 338 g/mol. The molecule has 118 valence electrons. The summed E-state index contributed by atoms with van der Waals surface area (Å²) in [6.45, 7) is 4.91. The molecule has 0 radical (unpaired) electrons. The maximum Gasteiger partial charge on any atom is 0.227 e. The van der Waals surface area contributed by atoms with E-state index in [1.807, 2.05) is 0 Å². The Hall–Kier alpha value is -1.38. The number of anilines is 1. The van der Waals surface area contributed by atoms with Crippen molar-refractivity contribution in [3.8, 4) is 0 Å². The lowest BCUT2D eigenvalue weighted by Gasteiger charge is -2.26. The molecule has 1 amide bonds. The predicted octanol–water partition coefficient (Wildman–Crippen LogP) is 1.95. The first-order chi connectivity index (χ1) is 10.5. The molecular formula is C14H18N4O2S2. The molecule has 0 aromatic carbocycles. The smallest absolute Gasteiger partial charge is 0.227 e. The third-order valence-corrected chi connectivity index (χ3v) is 5.63. The van der Waals surface area contributed by atoms with Crippen LogP contribution in [0.3, 0.4) is 0 Å². The molecule has 2 aromatic rings. The van der Waals surface area contributed by atoms with Crippen LogP contribution in [0.1, 0.15) is 24.3 Å². The molecule has 8 heteroatoms. The van der Waals surface area contributed by atoms with Gasteiger partial charge in [-0.2, -0.15) is 0 Å². The molecule has 0 fully saturated rings. The van der Waals surface area contributed by atoms with Gasteiger partial charge in [-0.25, -0.2) is 9.97 Å². The summed E-state index contributed by atoms with van der Waals surface area (Å²) >= 11 is 2.80. The second-order valence-electron chi connectivity index (χ2n) is 5.63. The molecule has 6 nitrogen and oxygen atoms in total. The number of ether oxygens (including phenoxy) is 1. The minimum Gasteiger partial charge on any atom is -0.383 e. The summed E-state index contributed by atoms with van der Waals surface area (Å²) in [5.74, 6) is 0.676. The highest BCUT2D eigenvalue weighted by Crippen LogP contribution is 2.39. The van der Waals surface area contributed by atoms with E-state index in [0.29, 0.717) is 23.5 Å². The molecular weight excluding hydrogens is 320 g/mol. The number of hydrogen-bond acceptors (Lipinski definition) is 7. The van der Waals surface area contributed by atoms with E-state index < -0.39 is 5.91 Å². The van der Waals surface area contributed by atoms with Crippen molar-refractivity contribution >= 4 is 45.0 Å². The van der Waals surface area contributed by atoms with Crippen LogP contribution < -0.4 is 11.5 Å². The van der Waals surface area contributed by atoms with E-state index in [9.17, 15) is 4.79 Å². The van der Waals surface area contributed by atoms with Gasteiger partial charge in [0.2, 0.25) is 5.91 Å². The fourth-order valence-corrected chi connectivity index (χ4v) is 4.29. The first kappa shape index (κ1) is 15.5. The number of primary amides is 1. The van der Waals surface area contributed by atoms with Gasteiger partial charge in [0.25, 0.3) is 0 Å². The number of aromatic nitrogens is 2. The number of thioether (sulfide) groups is 1. The van der Waals surface area contributed by atoms with Crippen molar-refractivity contribution < 1.29 is 9.53 Å². The van der Waals surface area contributed by atoms with Crippen molar-refractivity contribution in [2.75, 3.05) is 11.5 Å². The highest BCUT2D eigenvalue weighted by Gasteiger charge is 2.27. The van der Waals surface area contributed by atoms with Crippen LogP contribution in [-0.4, -0.2) is 27.7 Å². The number of carbonyl (C=O) groups excluding carboxylic acids is 1. The molecule has 22 heavy (non-hydrogen) atoms. The van der Waals surface area contributed by atoms with E-state index in [2.05, 4.69) is 23.8 Å². The second kappa shape index (κ2) is 6.02. The first-order valence-electron chi connectivity index (χ1n) is 7.06. The van der Waals surface area contributed by atoms with Gasteiger partial charge in [0.05, 0.1) is 23.8 Å². The third-order valence-electron chi connectivity index (χ3n) is 3.66. The summed E-state index contributed by atoms with van der Waals surface area (Å²) in [7, 11) is 0. The quantitative estimate of drug-likeness (QED) is 0.652. The van der Waals surface area contributed by atoms with Crippen LogP contribution in [0, 0.1) is 5.92 Å². The Kier molecular flexibility index (Phi) is 4.24. The minimum atomic E-state index is -0.397. The summed E-state index contributed by atoms with van der Waals surface area (Å²) in [5, 5.41) is 1.43. The summed E-state index contributed by atoms with van der Waals surface area (Å²) in [6, 6.07) is 0. The van der Waals surface area contributed by atoms with Crippen LogP contribution in [0.2, 0.25) is 0 Å². The maximum absolute atomic E-state index is 10.9. The Morgan fingerprint density at radius 1 is 1.50 bits per heavy atom. The number of amides is 1. The number of nitrogen functional groups attached to an aromatic ring is 1. The van der Waals surface area contributed by atoms with E-state index in [1.54, 1.807) is 11.3 Å². The number of carbonyl (C=O) groups is 1. The van der Waals surface area contributed by atoms with Crippen molar-refractivity contribution in [1.82, 2.24) is 9.97 Å². The zero-order valence-electron chi connectivity index (χ0n) is 12.5. The van der Waals surface area contributed by atoms with Crippen LogP contribution >= 0.6 is 23.1 Å². The molecule has 1 aliphatic heterocycles. The van der Waals surface area contributed by atoms with Crippen LogP contribution in [0.15, 0.2) is 5.16 Å². The zero-order valence-corrected chi connectivity index (χ0v) is 14.1. The van der Waals surface area contributed by atoms with E-state index in [0.717, 1.165) is 16.6 Å². The van der Waals surface area contributed by atoms with Crippen LogP contribution in [0.25, 0.3) is 10.2 Å². The van der Waals surface area contributed by atoms with Crippen molar-refractivity contribution in [3.63, 3.8) is 0 Å². The van der Waals surface area contributed by atoms with Crippen molar-refractivity contribution in [2.24, 2.45) is 11.7 Å². The number of thiophene rings is 1. The Labute approximate surface area is 136 Å². The Morgan fingerprint density at radius 2 is 2.27 bits per heavy atom. The largest absolute Gasteiger partial charge is 0.383 e. The number of nitrogens with two attached hydrogens (primary N) is 2. The van der Waals surface area contributed by atoms with Gasteiger partial charge < -0.3 is 16.2 Å². The molecule has 1 aliphatic rings. The average molecular weight is 338 g/mol.